The third-order valence-electron chi connectivity index (χ3n) is 3.23. The predicted molar refractivity (Wildman–Crippen MR) is 60.5 cm³/mol. The van der Waals surface area contributed by atoms with E-state index in [4.69, 9.17) is 0 Å². The molecule has 0 amide bonds. The van der Waals surface area contributed by atoms with Crippen molar-refractivity contribution in [2.24, 2.45) is 5.92 Å². The van der Waals surface area contributed by atoms with E-state index < -0.39 is 0 Å². The summed E-state index contributed by atoms with van der Waals surface area (Å²) in [5.41, 5.74) is 2.59. The molecule has 0 aliphatic heterocycles. The number of H-pyrrole nitrogens is 1. The normalized spacial score (nSPS) is 15.9. The molecule has 2 atom stereocenters. The highest BCUT2D eigenvalue weighted by atomic mass is 14.9. The van der Waals surface area contributed by atoms with Gasteiger partial charge in [0.1, 0.15) is 0 Å². The number of nitrogens with one attached hydrogen (secondary N) is 1. The summed E-state index contributed by atoms with van der Waals surface area (Å²) in [7, 11) is 0. The molecular formula is C12H22N2. The van der Waals surface area contributed by atoms with Crippen LogP contribution in [0.1, 0.15) is 64.3 Å². The fourth-order valence-electron chi connectivity index (χ4n) is 1.60. The summed E-state index contributed by atoms with van der Waals surface area (Å²) in [6.45, 7) is 11.2. The first kappa shape index (κ1) is 11.3. The Morgan fingerprint density at radius 2 is 1.93 bits per heavy atom. The SMILES string of the molecule is CCC(C)c1nc[nH]c1C(C)C(C)C. The molecule has 1 rings (SSSR count). The van der Waals surface area contributed by atoms with Gasteiger partial charge in [-0.15, -0.1) is 0 Å². The fourth-order valence-corrected chi connectivity index (χ4v) is 1.60. The molecule has 2 heteroatoms. The summed E-state index contributed by atoms with van der Waals surface area (Å²) in [6.07, 6.45) is 2.98. The molecule has 1 N–H and O–H groups in total. The lowest BCUT2D eigenvalue weighted by Crippen LogP contribution is -2.07. The standard InChI is InChI=1S/C12H22N2/c1-6-9(4)11-12(14-7-13-11)10(5)8(2)3/h7-10H,6H2,1-5H3,(H,13,14). The van der Waals surface area contributed by atoms with Gasteiger partial charge >= 0.3 is 0 Å². The van der Waals surface area contributed by atoms with Crippen molar-refractivity contribution in [2.75, 3.05) is 0 Å². The van der Waals surface area contributed by atoms with Gasteiger partial charge in [0.15, 0.2) is 0 Å². The molecule has 0 fully saturated rings. The molecule has 0 spiro atoms. The van der Waals surface area contributed by atoms with E-state index in [0.29, 0.717) is 17.8 Å². The molecule has 1 aromatic heterocycles. The highest BCUT2D eigenvalue weighted by Crippen LogP contribution is 2.29. The molecule has 1 heterocycles. The minimum atomic E-state index is 0.567. The molecule has 0 aliphatic carbocycles. The first-order valence-corrected chi connectivity index (χ1v) is 5.61. The fraction of sp³-hybridized carbons (Fsp3) is 0.750. The molecule has 0 aliphatic rings. The van der Waals surface area contributed by atoms with Gasteiger partial charge in [0.2, 0.25) is 0 Å². The van der Waals surface area contributed by atoms with Crippen LogP contribution in [-0.2, 0) is 0 Å². The van der Waals surface area contributed by atoms with Gasteiger partial charge in [0.05, 0.1) is 12.0 Å². The molecule has 2 nitrogen and oxygen atoms in total. The topological polar surface area (TPSA) is 28.7 Å². The zero-order chi connectivity index (χ0) is 10.7. The summed E-state index contributed by atoms with van der Waals surface area (Å²) < 4.78 is 0. The number of hydrogen-bond acceptors (Lipinski definition) is 1. The van der Waals surface area contributed by atoms with Crippen LogP contribution >= 0.6 is 0 Å². The van der Waals surface area contributed by atoms with Crippen LogP contribution in [0.5, 0.6) is 0 Å². The number of hydrogen-bond donors (Lipinski definition) is 1. The highest BCUT2D eigenvalue weighted by Gasteiger charge is 2.19. The number of aromatic amines is 1. The van der Waals surface area contributed by atoms with Crippen molar-refractivity contribution >= 4 is 0 Å². The monoisotopic (exact) mass is 194 g/mol. The van der Waals surface area contributed by atoms with Crippen molar-refractivity contribution in [3.8, 4) is 0 Å². The Balaban J connectivity index is 2.92. The molecule has 0 saturated heterocycles. The van der Waals surface area contributed by atoms with Crippen LogP contribution in [0.25, 0.3) is 0 Å². The Hall–Kier alpha value is -0.790. The summed E-state index contributed by atoms with van der Waals surface area (Å²) >= 11 is 0. The van der Waals surface area contributed by atoms with E-state index in [2.05, 4.69) is 44.6 Å². The summed E-state index contributed by atoms with van der Waals surface area (Å²) in [5, 5.41) is 0. The van der Waals surface area contributed by atoms with E-state index in [9.17, 15) is 0 Å². The van der Waals surface area contributed by atoms with Gasteiger partial charge in [0, 0.05) is 11.6 Å². The molecule has 0 bridgehead atoms. The molecule has 1 aromatic rings. The predicted octanol–water partition coefficient (Wildman–Crippen LogP) is 3.68. The minimum absolute atomic E-state index is 0.567. The Bertz CT molecular complexity index is 276. The molecule has 0 radical (unpaired) electrons. The quantitative estimate of drug-likeness (QED) is 0.778. The van der Waals surface area contributed by atoms with E-state index >= 15 is 0 Å². The van der Waals surface area contributed by atoms with Crippen molar-refractivity contribution in [2.45, 2.75) is 52.9 Å². The maximum absolute atomic E-state index is 4.43. The maximum atomic E-state index is 4.43. The van der Waals surface area contributed by atoms with Gasteiger partial charge in [0.25, 0.3) is 0 Å². The molecular weight excluding hydrogens is 172 g/mol. The lowest BCUT2D eigenvalue weighted by molar-refractivity contribution is 0.516. The third kappa shape index (κ3) is 2.17. The summed E-state index contributed by atoms with van der Waals surface area (Å²) in [6, 6.07) is 0. The van der Waals surface area contributed by atoms with Crippen molar-refractivity contribution < 1.29 is 0 Å². The third-order valence-corrected chi connectivity index (χ3v) is 3.23. The zero-order valence-corrected chi connectivity index (χ0v) is 9.96. The Kier molecular flexibility index (Phi) is 3.73. The lowest BCUT2D eigenvalue weighted by atomic mass is 9.90. The average molecular weight is 194 g/mol. The van der Waals surface area contributed by atoms with Crippen molar-refractivity contribution in [3.63, 3.8) is 0 Å². The molecule has 80 valence electrons. The largest absolute Gasteiger partial charge is 0.348 e. The van der Waals surface area contributed by atoms with Gasteiger partial charge in [-0.2, -0.15) is 0 Å². The van der Waals surface area contributed by atoms with Crippen LogP contribution in [0.4, 0.5) is 0 Å². The van der Waals surface area contributed by atoms with Gasteiger partial charge < -0.3 is 4.98 Å². The van der Waals surface area contributed by atoms with E-state index in [1.165, 1.54) is 11.4 Å². The second kappa shape index (κ2) is 4.63. The van der Waals surface area contributed by atoms with E-state index in [-0.39, 0.29) is 0 Å². The first-order valence-electron chi connectivity index (χ1n) is 5.61. The Labute approximate surface area is 87.1 Å². The molecule has 2 unspecified atom stereocenters. The van der Waals surface area contributed by atoms with Crippen LogP contribution in [-0.4, -0.2) is 9.97 Å². The van der Waals surface area contributed by atoms with Crippen molar-refractivity contribution in [1.29, 1.82) is 0 Å². The zero-order valence-electron chi connectivity index (χ0n) is 9.96. The van der Waals surface area contributed by atoms with E-state index in [1.807, 2.05) is 6.33 Å². The van der Waals surface area contributed by atoms with Crippen molar-refractivity contribution in [1.82, 2.24) is 9.97 Å². The lowest BCUT2D eigenvalue weighted by Gasteiger charge is -2.17. The first-order chi connectivity index (χ1) is 6.57. The second-order valence-corrected chi connectivity index (χ2v) is 4.54. The van der Waals surface area contributed by atoms with Gasteiger partial charge in [-0.1, -0.05) is 34.6 Å². The molecule has 14 heavy (non-hydrogen) atoms. The van der Waals surface area contributed by atoms with Gasteiger partial charge in [-0.25, -0.2) is 4.98 Å². The average Bonchev–Trinajstić information content (AvgIpc) is 2.63. The van der Waals surface area contributed by atoms with E-state index in [1.54, 1.807) is 0 Å². The van der Waals surface area contributed by atoms with Crippen molar-refractivity contribution in [3.05, 3.63) is 17.7 Å². The van der Waals surface area contributed by atoms with Crippen LogP contribution in [0.2, 0.25) is 0 Å². The number of rotatable bonds is 4. The van der Waals surface area contributed by atoms with Crippen LogP contribution in [0, 0.1) is 5.92 Å². The Morgan fingerprint density at radius 1 is 1.29 bits per heavy atom. The minimum Gasteiger partial charge on any atom is -0.348 e. The van der Waals surface area contributed by atoms with Gasteiger partial charge in [-0.3, -0.25) is 0 Å². The smallest absolute Gasteiger partial charge is 0.0925 e. The number of aromatic nitrogens is 2. The number of nitrogens with zero attached hydrogens (tertiary/aromatic N) is 1. The van der Waals surface area contributed by atoms with E-state index in [0.717, 1.165) is 6.42 Å². The number of imidazole rings is 1. The van der Waals surface area contributed by atoms with Gasteiger partial charge in [-0.05, 0) is 18.3 Å². The van der Waals surface area contributed by atoms with Crippen LogP contribution < -0.4 is 0 Å². The second-order valence-electron chi connectivity index (χ2n) is 4.54. The highest BCUT2D eigenvalue weighted by molar-refractivity contribution is 5.19. The van der Waals surface area contributed by atoms with Crippen LogP contribution in [0.3, 0.4) is 0 Å². The molecule has 0 saturated carbocycles. The Morgan fingerprint density at radius 3 is 2.43 bits per heavy atom. The summed E-state index contributed by atoms with van der Waals surface area (Å²) in [4.78, 5) is 7.73. The molecule has 0 aromatic carbocycles. The van der Waals surface area contributed by atoms with Crippen LogP contribution in [0.15, 0.2) is 6.33 Å². The maximum Gasteiger partial charge on any atom is 0.0925 e. The summed E-state index contributed by atoms with van der Waals surface area (Å²) in [5.74, 6) is 1.80.